The van der Waals surface area contributed by atoms with E-state index in [1.54, 1.807) is 4.90 Å². The second-order valence-corrected chi connectivity index (χ2v) is 16.5. The van der Waals surface area contributed by atoms with Crippen molar-refractivity contribution in [3.8, 4) is 0 Å². The molecular formula is C48H81NO9. The fourth-order valence-corrected chi connectivity index (χ4v) is 7.42. The van der Waals surface area contributed by atoms with Crippen LogP contribution in [-0.4, -0.2) is 79.9 Å². The van der Waals surface area contributed by atoms with Gasteiger partial charge in [-0.25, -0.2) is 0 Å². The summed E-state index contributed by atoms with van der Waals surface area (Å²) in [4.78, 5) is 62.9. The number of carbonyl (C=O) groups is 5. The van der Waals surface area contributed by atoms with Crippen LogP contribution >= 0.6 is 0 Å². The molecule has 0 radical (unpaired) electrons. The molecule has 0 saturated heterocycles. The van der Waals surface area contributed by atoms with Crippen molar-refractivity contribution in [3.05, 3.63) is 37.1 Å². The molecule has 1 fully saturated rings. The van der Waals surface area contributed by atoms with E-state index in [0.29, 0.717) is 39.2 Å². The first kappa shape index (κ1) is 52.7. The zero-order valence-electron chi connectivity index (χ0n) is 37.1. The Morgan fingerprint density at radius 1 is 0.621 bits per heavy atom. The Hall–Kier alpha value is -3.27. The molecule has 1 aliphatic carbocycles. The van der Waals surface area contributed by atoms with Gasteiger partial charge >= 0.3 is 17.9 Å². The van der Waals surface area contributed by atoms with Crippen molar-refractivity contribution in [1.29, 1.82) is 0 Å². The Labute approximate surface area is 352 Å². The van der Waals surface area contributed by atoms with E-state index < -0.39 is 0 Å². The minimum absolute atomic E-state index is 0.00851. The van der Waals surface area contributed by atoms with Gasteiger partial charge in [0, 0.05) is 18.8 Å². The van der Waals surface area contributed by atoms with Gasteiger partial charge in [0.2, 0.25) is 0 Å². The zero-order valence-corrected chi connectivity index (χ0v) is 37.1. The Bertz CT molecular complexity index is 1210. The van der Waals surface area contributed by atoms with Crippen molar-refractivity contribution in [2.75, 3.05) is 39.5 Å². The molecule has 0 amide bonds. The minimum Gasteiger partial charge on any atom is -0.497 e. The quantitative estimate of drug-likeness (QED) is 0.0195. The predicted molar refractivity (Wildman–Crippen MR) is 232 cm³/mol. The van der Waals surface area contributed by atoms with Gasteiger partial charge in [0.05, 0.1) is 39.5 Å². The standard InChI is InChI=1S/C48H81NO9/c1-7-11-12-13-23-28-31-57-48(54)38-49(36-42(50)8-2)37-43(9-3)55-29-26-24-21-19-17-15-14-16-18-20-22-25-27-30-56-46(52)32-39(5)33-47(53)58-45-35-41(34-40(45)6)44(51)10-4/h8-10,39-41,45H,2,4,7,11-38H2,1,3,5-6H3/b43-9-/t39?,40-,41?,45-/m0/s1. The molecule has 0 spiro atoms. The summed E-state index contributed by atoms with van der Waals surface area (Å²) < 4.78 is 22.5. The smallest absolute Gasteiger partial charge is 0.320 e. The summed E-state index contributed by atoms with van der Waals surface area (Å²) in [6.07, 6.45) is 27.7. The van der Waals surface area contributed by atoms with E-state index in [-0.39, 0.29) is 79.3 Å². The van der Waals surface area contributed by atoms with Crippen LogP contribution in [0.3, 0.4) is 0 Å². The minimum atomic E-state index is -0.321. The molecule has 332 valence electrons. The van der Waals surface area contributed by atoms with E-state index >= 15 is 0 Å². The monoisotopic (exact) mass is 816 g/mol. The normalized spacial score (nSPS) is 17.1. The summed E-state index contributed by atoms with van der Waals surface area (Å²) in [6, 6.07) is 0. The lowest BCUT2D eigenvalue weighted by molar-refractivity contribution is -0.153. The van der Waals surface area contributed by atoms with Crippen LogP contribution in [0.2, 0.25) is 0 Å². The number of hydrogen-bond acceptors (Lipinski definition) is 10. The highest BCUT2D eigenvalue weighted by molar-refractivity contribution is 5.91. The van der Waals surface area contributed by atoms with Crippen LogP contribution in [0.5, 0.6) is 0 Å². The highest BCUT2D eigenvalue weighted by atomic mass is 16.5. The molecule has 1 rings (SSSR count). The van der Waals surface area contributed by atoms with E-state index in [4.69, 9.17) is 18.9 Å². The Morgan fingerprint density at radius 2 is 1.10 bits per heavy atom. The van der Waals surface area contributed by atoms with Gasteiger partial charge in [-0.05, 0) is 69.1 Å². The third-order valence-electron chi connectivity index (χ3n) is 11.0. The van der Waals surface area contributed by atoms with Gasteiger partial charge in [0.1, 0.15) is 11.9 Å². The average Bonchev–Trinajstić information content (AvgIpc) is 3.56. The number of allylic oxidation sites excluding steroid dienone is 2. The number of hydrogen-bond donors (Lipinski definition) is 0. The number of rotatable bonds is 38. The number of nitrogens with zero attached hydrogens (tertiary/aromatic N) is 1. The largest absolute Gasteiger partial charge is 0.497 e. The van der Waals surface area contributed by atoms with Crippen LogP contribution in [0, 0.1) is 17.8 Å². The van der Waals surface area contributed by atoms with Crippen molar-refractivity contribution in [2.24, 2.45) is 17.8 Å². The highest BCUT2D eigenvalue weighted by Crippen LogP contribution is 2.34. The molecule has 0 bridgehead atoms. The van der Waals surface area contributed by atoms with Crippen molar-refractivity contribution < 1.29 is 42.9 Å². The summed E-state index contributed by atoms with van der Waals surface area (Å²) in [5.74, 6) is -0.417. The molecule has 1 aliphatic rings. The first-order chi connectivity index (χ1) is 28.0. The lowest BCUT2D eigenvalue weighted by Gasteiger charge is -2.22. The van der Waals surface area contributed by atoms with Gasteiger partial charge in [0.15, 0.2) is 11.6 Å². The second kappa shape index (κ2) is 34.6. The molecule has 10 heteroatoms. The summed E-state index contributed by atoms with van der Waals surface area (Å²) in [7, 11) is 0. The predicted octanol–water partition coefficient (Wildman–Crippen LogP) is 10.6. The van der Waals surface area contributed by atoms with Gasteiger partial charge in [-0.1, -0.05) is 137 Å². The summed E-state index contributed by atoms with van der Waals surface area (Å²) in [5.41, 5.74) is 0. The first-order valence-electron chi connectivity index (χ1n) is 22.8. The molecule has 0 aromatic rings. The molecule has 0 aromatic heterocycles. The second-order valence-electron chi connectivity index (χ2n) is 16.5. The maximum Gasteiger partial charge on any atom is 0.320 e. The Balaban J connectivity index is 2.02. The SMILES string of the molecule is C=CC(=O)CN(CC(=O)OCCCCCCCC)C/C(=C/C)OCCCCCCCCCCCCCCCOC(=O)CC(C)CC(=O)O[C@H]1CC(C(=O)C=C)C[C@@H]1C. The summed E-state index contributed by atoms with van der Waals surface area (Å²) in [6.45, 7) is 17.1. The van der Waals surface area contributed by atoms with E-state index in [1.165, 1.54) is 89.2 Å². The molecular weight excluding hydrogens is 735 g/mol. The molecule has 1 saturated carbocycles. The van der Waals surface area contributed by atoms with Crippen LogP contribution in [0.4, 0.5) is 0 Å². The Kier molecular flexibility index (Phi) is 31.4. The van der Waals surface area contributed by atoms with Gasteiger partial charge in [0.25, 0.3) is 0 Å². The van der Waals surface area contributed by atoms with E-state index in [2.05, 4.69) is 20.1 Å². The van der Waals surface area contributed by atoms with Crippen LogP contribution in [0.15, 0.2) is 37.1 Å². The molecule has 0 aliphatic heterocycles. The van der Waals surface area contributed by atoms with Crippen molar-refractivity contribution >= 4 is 29.5 Å². The number of unbranched alkanes of at least 4 members (excludes halogenated alkanes) is 17. The third-order valence-corrected chi connectivity index (χ3v) is 11.0. The highest BCUT2D eigenvalue weighted by Gasteiger charge is 2.36. The van der Waals surface area contributed by atoms with Crippen LogP contribution < -0.4 is 0 Å². The molecule has 2 unspecified atom stereocenters. The van der Waals surface area contributed by atoms with Crippen LogP contribution in [-0.2, 0) is 42.9 Å². The summed E-state index contributed by atoms with van der Waals surface area (Å²) in [5, 5.41) is 0. The molecule has 0 aromatic carbocycles. The van der Waals surface area contributed by atoms with Gasteiger partial charge < -0.3 is 18.9 Å². The van der Waals surface area contributed by atoms with E-state index in [0.717, 1.165) is 50.7 Å². The van der Waals surface area contributed by atoms with Gasteiger partial charge in [-0.3, -0.25) is 28.9 Å². The lowest BCUT2D eigenvalue weighted by atomic mass is 10.0. The Morgan fingerprint density at radius 3 is 1.60 bits per heavy atom. The van der Waals surface area contributed by atoms with Crippen molar-refractivity contribution in [3.63, 3.8) is 0 Å². The summed E-state index contributed by atoms with van der Waals surface area (Å²) >= 11 is 0. The topological polar surface area (TPSA) is 126 Å². The fourth-order valence-electron chi connectivity index (χ4n) is 7.42. The van der Waals surface area contributed by atoms with Crippen LogP contribution in [0.25, 0.3) is 0 Å². The van der Waals surface area contributed by atoms with Gasteiger partial charge in [-0.15, -0.1) is 0 Å². The number of esters is 3. The van der Waals surface area contributed by atoms with E-state index in [9.17, 15) is 24.0 Å². The molecule has 58 heavy (non-hydrogen) atoms. The fraction of sp³-hybridized carbons (Fsp3) is 0.771. The maximum atomic E-state index is 12.5. The average molecular weight is 816 g/mol. The first-order valence-corrected chi connectivity index (χ1v) is 22.8. The lowest BCUT2D eigenvalue weighted by Crippen LogP contribution is -2.36. The van der Waals surface area contributed by atoms with Crippen molar-refractivity contribution in [1.82, 2.24) is 4.90 Å². The molecule has 0 N–H and O–H groups in total. The number of ether oxygens (including phenoxy) is 4. The van der Waals surface area contributed by atoms with E-state index in [1.807, 2.05) is 26.8 Å². The van der Waals surface area contributed by atoms with Gasteiger partial charge in [-0.2, -0.15) is 0 Å². The number of ketones is 2. The number of carbonyl (C=O) groups excluding carboxylic acids is 5. The third kappa shape index (κ3) is 27.4. The van der Waals surface area contributed by atoms with Crippen molar-refractivity contribution in [2.45, 2.75) is 181 Å². The molecule has 10 nitrogen and oxygen atoms in total. The zero-order chi connectivity index (χ0) is 42.8. The van der Waals surface area contributed by atoms with Crippen LogP contribution in [0.1, 0.15) is 175 Å². The molecule has 4 atom stereocenters. The molecule has 0 heterocycles. The maximum absolute atomic E-state index is 12.5.